The van der Waals surface area contributed by atoms with Crippen LogP contribution in [0.3, 0.4) is 0 Å². The first-order valence-corrected chi connectivity index (χ1v) is 6.84. The molecule has 0 fully saturated rings. The predicted molar refractivity (Wildman–Crippen MR) is 73.9 cm³/mol. The summed E-state index contributed by atoms with van der Waals surface area (Å²) >= 11 is 0. The Balaban J connectivity index is 1.62. The van der Waals surface area contributed by atoms with Crippen molar-refractivity contribution in [1.29, 1.82) is 0 Å². The first kappa shape index (κ1) is 12.0. The standard InChI is InChI=1S/C13H13N7O/c21-12(11-17-13-14-5-3-7-20(13)18-11)16-10-8-15-9-4-1-2-6-19(9)10/h3,5,7-8H,1-2,4,6H2,(H,16,21). The maximum Gasteiger partial charge on any atom is 0.296 e. The van der Waals surface area contributed by atoms with E-state index in [1.54, 1.807) is 24.7 Å². The number of nitrogens with zero attached hydrogens (tertiary/aromatic N) is 6. The van der Waals surface area contributed by atoms with E-state index in [9.17, 15) is 4.79 Å². The smallest absolute Gasteiger partial charge is 0.296 e. The van der Waals surface area contributed by atoms with Crippen LogP contribution < -0.4 is 5.32 Å². The molecule has 0 atom stereocenters. The molecule has 1 N–H and O–H groups in total. The highest BCUT2D eigenvalue weighted by Gasteiger charge is 2.18. The van der Waals surface area contributed by atoms with E-state index in [1.165, 1.54) is 4.52 Å². The van der Waals surface area contributed by atoms with Gasteiger partial charge in [-0.05, 0) is 18.9 Å². The molecule has 0 saturated heterocycles. The van der Waals surface area contributed by atoms with Crippen LogP contribution in [0.5, 0.6) is 0 Å². The van der Waals surface area contributed by atoms with E-state index in [4.69, 9.17) is 0 Å². The monoisotopic (exact) mass is 283 g/mol. The number of hydrogen-bond acceptors (Lipinski definition) is 5. The van der Waals surface area contributed by atoms with Gasteiger partial charge >= 0.3 is 0 Å². The van der Waals surface area contributed by atoms with Crippen molar-refractivity contribution in [1.82, 2.24) is 29.1 Å². The van der Waals surface area contributed by atoms with Gasteiger partial charge in [0.25, 0.3) is 11.7 Å². The molecule has 1 aliphatic rings. The zero-order chi connectivity index (χ0) is 14.2. The quantitative estimate of drug-likeness (QED) is 0.755. The third-order valence-electron chi connectivity index (χ3n) is 3.53. The van der Waals surface area contributed by atoms with Crippen molar-refractivity contribution in [3.05, 3.63) is 36.3 Å². The van der Waals surface area contributed by atoms with E-state index in [0.717, 1.165) is 31.6 Å². The van der Waals surface area contributed by atoms with Gasteiger partial charge in [-0.2, -0.15) is 4.98 Å². The lowest BCUT2D eigenvalue weighted by molar-refractivity contribution is 0.101. The molecule has 4 heterocycles. The van der Waals surface area contributed by atoms with Gasteiger partial charge in [0.05, 0.1) is 6.20 Å². The van der Waals surface area contributed by atoms with Gasteiger partial charge in [0.1, 0.15) is 11.6 Å². The van der Waals surface area contributed by atoms with Gasteiger partial charge in [0, 0.05) is 25.4 Å². The van der Waals surface area contributed by atoms with Crippen LogP contribution in [0.4, 0.5) is 5.82 Å². The van der Waals surface area contributed by atoms with Crippen LogP contribution in [0.15, 0.2) is 24.7 Å². The molecule has 0 spiro atoms. The summed E-state index contributed by atoms with van der Waals surface area (Å²) in [6.45, 7) is 0.880. The molecule has 4 rings (SSSR count). The molecule has 0 radical (unpaired) electrons. The molecule has 0 saturated carbocycles. The minimum Gasteiger partial charge on any atom is -0.315 e. The Morgan fingerprint density at radius 1 is 1.29 bits per heavy atom. The fourth-order valence-corrected chi connectivity index (χ4v) is 2.52. The topological polar surface area (TPSA) is 90.0 Å². The van der Waals surface area contributed by atoms with Gasteiger partial charge in [0.15, 0.2) is 0 Å². The van der Waals surface area contributed by atoms with E-state index >= 15 is 0 Å². The highest BCUT2D eigenvalue weighted by molar-refractivity contribution is 6.01. The number of anilines is 1. The SMILES string of the molecule is O=C(Nc1cnc2n1CCCC2)c1nc2ncccn2n1. The van der Waals surface area contributed by atoms with Crippen LogP contribution >= 0.6 is 0 Å². The van der Waals surface area contributed by atoms with Gasteiger partial charge in [0.2, 0.25) is 5.82 Å². The Hall–Kier alpha value is -2.77. The van der Waals surface area contributed by atoms with Crippen molar-refractivity contribution in [3.63, 3.8) is 0 Å². The summed E-state index contributed by atoms with van der Waals surface area (Å²) in [6, 6.07) is 1.73. The second kappa shape index (κ2) is 4.65. The van der Waals surface area contributed by atoms with Crippen molar-refractivity contribution in [2.75, 3.05) is 5.32 Å². The van der Waals surface area contributed by atoms with Gasteiger partial charge in [-0.15, -0.1) is 5.10 Å². The van der Waals surface area contributed by atoms with E-state index in [0.29, 0.717) is 11.6 Å². The average molecular weight is 283 g/mol. The van der Waals surface area contributed by atoms with Crippen molar-refractivity contribution < 1.29 is 4.79 Å². The number of fused-ring (bicyclic) bond motifs is 2. The maximum absolute atomic E-state index is 12.2. The van der Waals surface area contributed by atoms with Gasteiger partial charge in [-0.3, -0.25) is 4.79 Å². The number of hydrogen-bond donors (Lipinski definition) is 1. The molecule has 0 bridgehead atoms. The second-order valence-electron chi connectivity index (χ2n) is 4.92. The van der Waals surface area contributed by atoms with Crippen molar-refractivity contribution in [3.8, 4) is 0 Å². The number of imidazole rings is 1. The van der Waals surface area contributed by atoms with E-state index in [2.05, 4.69) is 25.4 Å². The van der Waals surface area contributed by atoms with Crippen LogP contribution in [0.25, 0.3) is 5.78 Å². The molecule has 0 aromatic carbocycles. The van der Waals surface area contributed by atoms with Crippen LogP contribution in [-0.4, -0.2) is 35.0 Å². The molecule has 0 aliphatic carbocycles. The molecule has 1 amide bonds. The number of rotatable bonds is 2. The largest absolute Gasteiger partial charge is 0.315 e. The number of amides is 1. The van der Waals surface area contributed by atoms with Gasteiger partial charge in [-0.1, -0.05) is 0 Å². The maximum atomic E-state index is 12.2. The zero-order valence-electron chi connectivity index (χ0n) is 11.2. The van der Waals surface area contributed by atoms with E-state index in [-0.39, 0.29) is 11.7 Å². The van der Waals surface area contributed by atoms with Crippen LogP contribution in [0.2, 0.25) is 0 Å². The number of aromatic nitrogens is 6. The fourth-order valence-electron chi connectivity index (χ4n) is 2.52. The lowest BCUT2D eigenvalue weighted by Crippen LogP contribution is -2.19. The Morgan fingerprint density at radius 2 is 2.24 bits per heavy atom. The summed E-state index contributed by atoms with van der Waals surface area (Å²) < 4.78 is 3.51. The summed E-state index contributed by atoms with van der Waals surface area (Å²) in [5.41, 5.74) is 0. The molecule has 21 heavy (non-hydrogen) atoms. The van der Waals surface area contributed by atoms with Crippen molar-refractivity contribution in [2.24, 2.45) is 0 Å². The fraction of sp³-hybridized carbons (Fsp3) is 0.308. The molecule has 106 valence electrons. The molecule has 3 aromatic heterocycles. The molecule has 8 nitrogen and oxygen atoms in total. The van der Waals surface area contributed by atoms with Crippen LogP contribution in [0, 0.1) is 0 Å². The highest BCUT2D eigenvalue weighted by atomic mass is 16.2. The first-order chi connectivity index (χ1) is 10.3. The Kier molecular flexibility index (Phi) is 2.66. The molecular weight excluding hydrogens is 270 g/mol. The Morgan fingerprint density at radius 3 is 3.14 bits per heavy atom. The molecule has 3 aromatic rings. The lowest BCUT2D eigenvalue weighted by Gasteiger charge is -2.16. The number of nitrogens with one attached hydrogen (secondary N) is 1. The minimum absolute atomic E-state index is 0.0973. The summed E-state index contributed by atoms with van der Waals surface area (Å²) in [5.74, 6) is 1.86. The summed E-state index contributed by atoms with van der Waals surface area (Å²) in [4.78, 5) is 24.7. The van der Waals surface area contributed by atoms with Gasteiger partial charge < -0.3 is 9.88 Å². The average Bonchev–Trinajstić information content (AvgIpc) is 3.11. The van der Waals surface area contributed by atoms with Crippen LogP contribution in [0.1, 0.15) is 29.3 Å². The van der Waals surface area contributed by atoms with E-state index in [1.807, 2.05) is 4.57 Å². The third kappa shape index (κ3) is 2.04. The predicted octanol–water partition coefficient (Wildman–Crippen LogP) is 0.909. The highest BCUT2D eigenvalue weighted by Crippen LogP contribution is 2.19. The third-order valence-corrected chi connectivity index (χ3v) is 3.53. The van der Waals surface area contributed by atoms with Gasteiger partial charge in [-0.25, -0.2) is 14.5 Å². The first-order valence-electron chi connectivity index (χ1n) is 6.84. The van der Waals surface area contributed by atoms with E-state index < -0.39 is 0 Å². The summed E-state index contributed by atoms with van der Waals surface area (Å²) in [5, 5.41) is 6.93. The van der Waals surface area contributed by atoms with Crippen LogP contribution in [-0.2, 0) is 13.0 Å². The number of carbonyl (C=O) groups excluding carboxylic acids is 1. The summed E-state index contributed by atoms with van der Waals surface area (Å²) in [6.07, 6.45) is 8.19. The second-order valence-corrected chi connectivity index (χ2v) is 4.92. The van der Waals surface area contributed by atoms with Crippen molar-refractivity contribution in [2.45, 2.75) is 25.8 Å². The molecule has 8 heteroatoms. The summed E-state index contributed by atoms with van der Waals surface area (Å²) in [7, 11) is 0. The number of aryl methyl sites for hydroxylation is 1. The lowest BCUT2D eigenvalue weighted by atomic mass is 10.2. The molecular formula is C13H13N7O. The Labute approximate surface area is 119 Å². The number of carbonyl (C=O) groups is 1. The Bertz CT molecular complexity index is 786. The molecule has 0 unspecified atom stereocenters. The normalized spacial score (nSPS) is 14.1. The minimum atomic E-state index is -0.353. The molecule has 1 aliphatic heterocycles. The van der Waals surface area contributed by atoms with Crippen molar-refractivity contribution >= 4 is 17.5 Å². The zero-order valence-corrected chi connectivity index (χ0v) is 11.2.